The summed E-state index contributed by atoms with van der Waals surface area (Å²) in [7, 11) is 0. The molecule has 1 unspecified atom stereocenters. The first kappa shape index (κ1) is 25.3. The molecule has 8 heteroatoms. The molecular weight excluding hydrogens is 306 g/mol. The molecule has 6 nitrogen and oxygen atoms in total. The Labute approximate surface area is 196 Å². The summed E-state index contributed by atoms with van der Waals surface area (Å²) in [5.74, 6) is -2.81. The van der Waals surface area contributed by atoms with E-state index in [-0.39, 0.29) is 121 Å². The Morgan fingerprint density at radius 1 is 1.16 bits per heavy atom. The van der Waals surface area contributed by atoms with Crippen LogP contribution in [-0.4, -0.2) is 34.9 Å². The third-order valence-corrected chi connectivity index (χ3v) is 1.60. The zero-order valence-electron chi connectivity index (χ0n) is 11.1. The van der Waals surface area contributed by atoms with Gasteiger partial charge >= 0.3 is 103 Å². The summed E-state index contributed by atoms with van der Waals surface area (Å²) in [4.78, 5) is 20.5. The van der Waals surface area contributed by atoms with Crippen LogP contribution in [-0.2, 0) is 0 Å². The van der Waals surface area contributed by atoms with Crippen LogP contribution in [0.4, 0.5) is 0 Å². The second-order valence-corrected chi connectivity index (χ2v) is 3.19. The topological polar surface area (TPSA) is 121 Å². The van der Waals surface area contributed by atoms with Gasteiger partial charge < -0.3 is 30.0 Å². The molecule has 0 saturated heterocycles. The van der Waals surface area contributed by atoms with Crippen LogP contribution in [0.1, 0.15) is 27.6 Å². The number of rotatable bonds is 3. The molecular formula is C11H12K2O6. The maximum absolute atomic E-state index is 10.3. The molecule has 1 rings (SSSR count). The van der Waals surface area contributed by atoms with Crippen molar-refractivity contribution in [3.63, 3.8) is 0 Å². The number of carbonyl (C=O) groups is 2. The van der Waals surface area contributed by atoms with Crippen LogP contribution in [0.5, 0.6) is 0 Å². The van der Waals surface area contributed by atoms with E-state index >= 15 is 0 Å². The second-order valence-electron chi connectivity index (χ2n) is 3.19. The fraction of sp³-hybridized carbons (Fsp3) is 0.273. The van der Waals surface area contributed by atoms with E-state index in [0.717, 1.165) is 6.07 Å². The van der Waals surface area contributed by atoms with Crippen molar-refractivity contribution < 1.29 is 133 Å². The van der Waals surface area contributed by atoms with Crippen LogP contribution in [0, 0.1) is 0 Å². The minimum Gasteiger partial charge on any atom is -0.545 e. The van der Waals surface area contributed by atoms with E-state index in [0.29, 0.717) is 0 Å². The van der Waals surface area contributed by atoms with E-state index in [2.05, 4.69) is 0 Å². The third-order valence-electron chi connectivity index (χ3n) is 1.60. The van der Waals surface area contributed by atoms with Crippen molar-refractivity contribution in [3.05, 3.63) is 35.4 Å². The van der Waals surface area contributed by atoms with Crippen LogP contribution in [0.3, 0.4) is 0 Å². The molecule has 0 amide bonds. The van der Waals surface area contributed by atoms with Crippen LogP contribution < -0.4 is 113 Å². The summed E-state index contributed by atoms with van der Waals surface area (Å²) < 4.78 is 0. The van der Waals surface area contributed by atoms with Crippen molar-refractivity contribution in [3.8, 4) is 0 Å². The Morgan fingerprint density at radius 3 is 1.68 bits per heavy atom. The van der Waals surface area contributed by atoms with Crippen LogP contribution >= 0.6 is 0 Å². The standard InChI is InChI=1S/C8H6O4.C3H8O2.2K/c9-7(10)5-2-1-3-6(4-5)8(11)12;1-3(5)2-4;;/h1-4H,(H,9,10)(H,11,12);3-5H,2H2,1H3;;/q;;2*+1/p-2. The van der Waals surface area contributed by atoms with Crippen molar-refractivity contribution in [2.24, 2.45) is 0 Å². The van der Waals surface area contributed by atoms with Gasteiger partial charge in [-0.15, -0.1) is 0 Å². The molecule has 0 aliphatic carbocycles. The Bertz CT molecular complexity index is 365. The summed E-state index contributed by atoms with van der Waals surface area (Å²) in [6.07, 6.45) is -0.560. The summed E-state index contributed by atoms with van der Waals surface area (Å²) >= 11 is 0. The van der Waals surface area contributed by atoms with E-state index in [1.165, 1.54) is 25.1 Å². The monoisotopic (exact) mass is 318 g/mol. The molecule has 1 aromatic carbocycles. The maximum atomic E-state index is 10.3. The number of carboxylic acid groups (broad SMARTS) is 2. The van der Waals surface area contributed by atoms with Gasteiger partial charge in [0.2, 0.25) is 0 Å². The molecule has 1 aromatic rings. The number of carbonyl (C=O) groups excluding carboxylic acids is 2. The zero-order valence-corrected chi connectivity index (χ0v) is 17.4. The molecule has 0 spiro atoms. The number of aliphatic hydroxyl groups is 2. The molecule has 0 radical (unpaired) electrons. The Kier molecular flexibility index (Phi) is 19.0. The largest absolute Gasteiger partial charge is 1.00 e. The molecule has 1 atom stereocenters. The zero-order chi connectivity index (χ0) is 13.4. The predicted octanol–water partition coefficient (Wildman–Crippen LogP) is -8.22. The van der Waals surface area contributed by atoms with E-state index in [1.54, 1.807) is 0 Å². The van der Waals surface area contributed by atoms with Gasteiger partial charge in [-0.1, -0.05) is 18.2 Å². The SMILES string of the molecule is CC(O)CO.O=C([O-])c1cccc(C(=O)[O-])c1.[K+].[K+]. The fourth-order valence-electron chi connectivity index (χ4n) is 0.773. The number of hydrogen-bond donors (Lipinski definition) is 2. The molecule has 0 aliphatic heterocycles. The first-order valence-corrected chi connectivity index (χ1v) is 4.70. The van der Waals surface area contributed by atoms with Crippen molar-refractivity contribution in [1.82, 2.24) is 0 Å². The minimum atomic E-state index is -1.40. The van der Waals surface area contributed by atoms with Gasteiger partial charge in [0, 0.05) is 0 Å². The van der Waals surface area contributed by atoms with Gasteiger partial charge in [0.25, 0.3) is 0 Å². The van der Waals surface area contributed by atoms with Gasteiger partial charge in [0.1, 0.15) is 0 Å². The number of aromatic carboxylic acids is 2. The summed E-state index contributed by atoms with van der Waals surface area (Å²) in [6, 6.07) is 4.81. The Hall–Kier alpha value is 1.35. The normalized spacial score (nSPS) is 9.84. The van der Waals surface area contributed by atoms with Crippen molar-refractivity contribution in [2.75, 3.05) is 6.61 Å². The average Bonchev–Trinajstić information content (AvgIpc) is 2.29. The van der Waals surface area contributed by atoms with E-state index < -0.39 is 18.0 Å². The molecule has 0 heterocycles. The van der Waals surface area contributed by atoms with Gasteiger partial charge in [0.05, 0.1) is 24.6 Å². The third kappa shape index (κ3) is 12.8. The molecule has 0 saturated carbocycles. The average molecular weight is 318 g/mol. The Morgan fingerprint density at radius 2 is 1.47 bits per heavy atom. The van der Waals surface area contributed by atoms with Crippen LogP contribution in [0.25, 0.3) is 0 Å². The van der Waals surface area contributed by atoms with Gasteiger partial charge in [-0.25, -0.2) is 0 Å². The molecule has 0 aromatic heterocycles. The fourth-order valence-corrected chi connectivity index (χ4v) is 0.773. The molecule has 2 N–H and O–H groups in total. The summed E-state index contributed by atoms with van der Waals surface area (Å²) in [5.41, 5.74) is -0.339. The summed E-state index contributed by atoms with van der Waals surface area (Å²) in [5, 5.41) is 36.5. The minimum absolute atomic E-state index is 0. The first-order valence-electron chi connectivity index (χ1n) is 4.70. The molecule has 19 heavy (non-hydrogen) atoms. The molecule has 0 aliphatic rings. The molecule has 0 fully saturated rings. The molecule has 94 valence electrons. The van der Waals surface area contributed by atoms with Gasteiger partial charge in [-0.3, -0.25) is 0 Å². The number of carboxylic acids is 2. The van der Waals surface area contributed by atoms with Gasteiger partial charge in [-0.05, 0) is 24.1 Å². The van der Waals surface area contributed by atoms with E-state index in [1.807, 2.05) is 0 Å². The van der Waals surface area contributed by atoms with E-state index in [4.69, 9.17) is 10.2 Å². The maximum Gasteiger partial charge on any atom is 1.00 e. The predicted molar refractivity (Wildman–Crippen MR) is 53.9 cm³/mol. The number of benzene rings is 1. The Balaban J connectivity index is -0.000000320. The quantitative estimate of drug-likeness (QED) is 0.534. The van der Waals surface area contributed by atoms with Crippen LogP contribution in [0.2, 0.25) is 0 Å². The van der Waals surface area contributed by atoms with Gasteiger partial charge in [-0.2, -0.15) is 0 Å². The molecule has 0 bridgehead atoms. The van der Waals surface area contributed by atoms with Crippen molar-refractivity contribution in [1.29, 1.82) is 0 Å². The van der Waals surface area contributed by atoms with Gasteiger partial charge in [0.15, 0.2) is 0 Å². The smallest absolute Gasteiger partial charge is 0.545 e. The first-order chi connectivity index (χ1) is 7.88. The second kappa shape index (κ2) is 14.3. The summed E-state index contributed by atoms with van der Waals surface area (Å²) in [6.45, 7) is 1.39. The number of aliphatic hydroxyl groups excluding tert-OH is 2. The number of hydrogen-bond acceptors (Lipinski definition) is 6. The van der Waals surface area contributed by atoms with Crippen LogP contribution in [0.15, 0.2) is 24.3 Å². The van der Waals surface area contributed by atoms with Crippen molar-refractivity contribution >= 4 is 11.9 Å². The van der Waals surface area contributed by atoms with E-state index in [9.17, 15) is 19.8 Å². The van der Waals surface area contributed by atoms with Crippen molar-refractivity contribution in [2.45, 2.75) is 13.0 Å².